The Morgan fingerprint density at radius 1 is 1.24 bits per heavy atom. The number of nitrogens with one attached hydrogen (secondary N) is 1. The van der Waals surface area contributed by atoms with Gasteiger partial charge in [-0.3, -0.25) is 4.79 Å². The van der Waals surface area contributed by atoms with Crippen LogP contribution in [0.5, 0.6) is 0 Å². The number of hydrogen-bond donors (Lipinski definition) is 1. The van der Waals surface area contributed by atoms with Crippen molar-refractivity contribution < 1.29 is 1.41 Å². The number of nitriles is 1. The molecule has 3 aromatic rings. The average Bonchev–Trinajstić information content (AvgIpc) is 2.57. The van der Waals surface area contributed by atoms with E-state index >= 15 is 0 Å². The van der Waals surface area contributed by atoms with Gasteiger partial charge in [-0.2, -0.15) is 5.26 Å². The molecule has 2 aromatic carbocycles. The van der Waals surface area contributed by atoms with E-state index in [1.54, 1.807) is 12.1 Å². The number of benzene rings is 2. The molecule has 0 saturated heterocycles. The quantitative estimate of drug-likeness (QED) is 0.730. The maximum Gasteiger partial charge on any atom is 0.258 e. The van der Waals surface area contributed by atoms with Crippen molar-refractivity contribution >= 4 is 16.5 Å². The van der Waals surface area contributed by atoms with Crippen LogP contribution in [0.1, 0.15) is 11.1 Å². The van der Waals surface area contributed by atoms with E-state index in [9.17, 15) is 4.79 Å². The molecular formula is C17H11N3O. The van der Waals surface area contributed by atoms with Gasteiger partial charge in [-0.05, 0) is 28.8 Å². The van der Waals surface area contributed by atoms with Crippen LogP contribution in [0.4, 0.5) is 0 Å². The number of nitrogens with zero attached hydrogens (tertiary/aromatic N) is 2. The first-order chi connectivity index (χ1) is 10.7. The molecule has 0 saturated carbocycles. The lowest BCUT2D eigenvalue weighted by molar-refractivity contribution is 1.17. The number of fused-ring (bicyclic) bond motifs is 1. The Hall–Kier alpha value is -3.19. The first kappa shape index (κ1) is 11.6. The van der Waals surface area contributed by atoms with Gasteiger partial charge in [0.1, 0.15) is 0 Å². The first-order valence-corrected chi connectivity index (χ1v) is 6.37. The second-order valence-electron chi connectivity index (χ2n) is 4.46. The second kappa shape index (κ2) is 5.43. The normalized spacial score (nSPS) is 12.0. The highest BCUT2D eigenvalue weighted by atomic mass is 16.1. The lowest BCUT2D eigenvalue weighted by atomic mass is 9.97. The Labute approximate surface area is 122 Å². The standard InChI is InChI=1S/C17H11N3O/c18-9-8-14(12-4-2-1-3-5-12)13-6-7-16-15(10-13)17(21)20-11-19-16/h1-8,10-11H,(H,19,20,21)/b14-8-/i/hD. The van der Waals surface area contributed by atoms with Crippen molar-refractivity contribution in [3.63, 3.8) is 0 Å². The predicted octanol–water partition coefficient (Wildman–Crippen LogP) is 2.88. The highest BCUT2D eigenvalue weighted by Gasteiger charge is 2.07. The largest absolute Gasteiger partial charge is 0.313 e. The SMILES string of the molecule is [2H]n1cnc2ccc(/C(=C\C#N)c3ccccc3)cc2c1=O. The van der Waals surface area contributed by atoms with Crippen LogP contribution < -0.4 is 5.56 Å². The van der Waals surface area contributed by atoms with Crippen molar-refractivity contribution in [2.24, 2.45) is 0 Å². The second-order valence-corrected chi connectivity index (χ2v) is 4.46. The summed E-state index contributed by atoms with van der Waals surface area (Å²) in [5.74, 6) is 0. The highest BCUT2D eigenvalue weighted by Crippen LogP contribution is 2.24. The van der Waals surface area contributed by atoms with Crippen molar-refractivity contribution in [3.05, 3.63) is 82.4 Å². The number of hydrogen-bond acceptors (Lipinski definition) is 3. The fourth-order valence-corrected chi connectivity index (χ4v) is 2.22. The summed E-state index contributed by atoms with van der Waals surface area (Å²) >= 11 is 0. The lowest BCUT2D eigenvalue weighted by Crippen LogP contribution is -2.06. The first-order valence-electron chi connectivity index (χ1n) is 6.81. The van der Waals surface area contributed by atoms with E-state index in [2.05, 4.69) is 4.98 Å². The molecule has 21 heavy (non-hydrogen) atoms. The minimum Gasteiger partial charge on any atom is -0.313 e. The van der Waals surface area contributed by atoms with Crippen LogP contribution in [-0.4, -0.2) is 9.96 Å². The van der Waals surface area contributed by atoms with E-state index in [1.165, 1.54) is 12.4 Å². The maximum atomic E-state index is 12.0. The molecule has 0 radical (unpaired) electrons. The molecule has 0 amide bonds. The summed E-state index contributed by atoms with van der Waals surface area (Å²) < 4.78 is 7.50. The molecule has 0 aliphatic rings. The Morgan fingerprint density at radius 3 is 2.81 bits per heavy atom. The van der Waals surface area contributed by atoms with Gasteiger partial charge in [0, 0.05) is 6.08 Å². The Kier molecular flexibility index (Phi) is 3.01. The van der Waals surface area contributed by atoms with Crippen LogP contribution in [0.25, 0.3) is 16.5 Å². The van der Waals surface area contributed by atoms with Crippen LogP contribution in [-0.2, 0) is 0 Å². The molecular weight excluding hydrogens is 262 g/mol. The minimum absolute atomic E-state index is 0.356. The number of aromatic nitrogens is 2. The van der Waals surface area contributed by atoms with Gasteiger partial charge < -0.3 is 4.98 Å². The maximum absolute atomic E-state index is 12.0. The van der Waals surface area contributed by atoms with Crippen LogP contribution in [0.15, 0.2) is 65.7 Å². The zero-order valence-electron chi connectivity index (χ0n) is 12.0. The lowest BCUT2D eigenvalue weighted by Gasteiger charge is -2.07. The van der Waals surface area contributed by atoms with E-state index < -0.39 is 5.56 Å². The van der Waals surface area contributed by atoms with E-state index in [-0.39, 0.29) is 0 Å². The summed E-state index contributed by atoms with van der Waals surface area (Å²) in [7, 11) is 0. The molecule has 1 N–H and O–H groups in total. The Bertz CT molecular complexity index is 969. The van der Waals surface area contributed by atoms with Crippen LogP contribution in [0.3, 0.4) is 0 Å². The molecule has 3 rings (SSSR count). The monoisotopic (exact) mass is 274 g/mol. The van der Waals surface area contributed by atoms with Crippen molar-refractivity contribution in [1.82, 2.24) is 9.96 Å². The van der Waals surface area contributed by atoms with Crippen molar-refractivity contribution in [2.75, 3.05) is 0 Å². The minimum atomic E-state index is -0.434. The molecule has 0 unspecified atom stereocenters. The summed E-state index contributed by atoms with van der Waals surface area (Å²) in [6, 6.07) is 16.7. The van der Waals surface area contributed by atoms with E-state index in [0.29, 0.717) is 15.9 Å². The van der Waals surface area contributed by atoms with Gasteiger partial charge in [-0.15, -0.1) is 0 Å². The van der Waals surface area contributed by atoms with E-state index in [1.807, 2.05) is 42.5 Å². The van der Waals surface area contributed by atoms with Crippen molar-refractivity contribution in [1.29, 1.82) is 5.26 Å². The van der Waals surface area contributed by atoms with Gasteiger partial charge in [-0.25, -0.2) is 4.98 Å². The number of allylic oxidation sites excluding steroid dienone is 1. The van der Waals surface area contributed by atoms with E-state index in [0.717, 1.165) is 16.7 Å². The molecule has 1 aromatic heterocycles. The molecule has 0 aliphatic heterocycles. The third kappa shape index (κ3) is 2.45. The van der Waals surface area contributed by atoms with Crippen LogP contribution >= 0.6 is 0 Å². The number of H-pyrrole nitrogens is 1. The van der Waals surface area contributed by atoms with Crippen LogP contribution in [0, 0.1) is 11.3 Å². The fraction of sp³-hybridized carbons (Fsp3) is 0. The molecule has 1 heterocycles. The molecule has 4 nitrogen and oxygen atoms in total. The summed E-state index contributed by atoms with van der Waals surface area (Å²) in [4.78, 5) is 16.8. The third-order valence-corrected chi connectivity index (χ3v) is 3.20. The van der Waals surface area contributed by atoms with Gasteiger partial charge in [-0.1, -0.05) is 36.4 Å². The number of rotatable bonds is 2. The summed E-state index contributed by atoms with van der Waals surface area (Å²) in [5.41, 5.74) is 2.45. The Morgan fingerprint density at radius 2 is 2.05 bits per heavy atom. The van der Waals surface area contributed by atoms with Crippen LogP contribution in [0.2, 0.25) is 1.41 Å². The fourth-order valence-electron chi connectivity index (χ4n) is 2.22. The Balaban J connectivity index is 2.24. The summed E-state index contributed by atoms with van der Waals surface area (Å²) in [6.07, 6.45) is 2.62. The molecule has 100 valence electrons. The molecule has 0 spiro atoms. The van der Waals surface area contributed by atoms with Gasteiger partial charge in [0.05, 0.1) is 23.3 Å². The molecule has 0 aliphatic carbocycles. The van der Waals surface area contributed by atoms with Gasteiger partial charge in [0.2, 0.25) is 0 Å². The summed E-state index contributed by atoms with van der Waals surface area (Å²) in [6.45, 7) is 0. The van der Waals surface area contributed by atoms with Crippen molar-refractivity contribution in [3.8, 4) is 6.07 Å². The third-order valence-electron chi connectivity index (χ3n) is 3.20. The van der Waals surface area contributed by atoms with Gasteiger partial charge in [0.25, 0.3) is 5.56 Å². The smallest absolute Gasteiger partial charge is 0.258 e. The summed E-state index contributed by atoms with van der Waals surface area (Å²) in [5, 5.41) is 9.39. The van der Waals surface area contributed by atoms with Gasteiger partial charge in [0.15, 0.2) is 1.41 Å². The van der Waals surface area contributed by atoms with Crippen molar-refractivity contribution in [2.45, 2.75) is 0 Å². The molecule has 4 heteroatoms. The molecule has 0 atom stereocenters. The number of aromatic amines is 1. The molecule has 0 bridgehead atoms. The zero-order chi connectivity index (χ0) is 15.5. The highest BCUT2D eigenvalue weighted by molar-refractivity contribution is 5.87. The van der Waals surface area contributed by atoms with Gasteiger partial charge >= 0.3 is 0 Å². The average molecular weight is 274 g/mol. The molecule has 0 fully saturated rings. The predicted molar refractivity (Wildman–Crippen MR) is 81.5 cm³/mol. The zero-order valence-corrected chi connectivity index (χ0v) is 11.0. The topological polar surface area (TPSA) is 69.5 Å². The van der Waals surface area contributed by atoms with E-state index in [4.69, 9.17) is 6.67 Å².